The highest BCUT2D eigenvalue weighted by Crippen LogP contribution is 2.20. The smallest absolute Gasteiger partial charge is 0.407 e. The number of carbonyl (C=O) groups excluding carboxylic acids is 2. The van der Waals surface area contributed by atoms with Crippen LogP contribution in [0.2, 0.25) is 0 Å². The minimum Gasteiger partial charge on any atom is -0.453 e. The fourth-order valence-electron chi connectivity index (χ4n) is 2.35. The molecule has 5 nitrogen and oxygen atoms in total. The molecule has 0 aliphatic carbocycles. The van der Waals surface area contributed by atoms with Crippen LogP contribution in [0.15, 0.2) is 30.5 Å². The molecule has 0 unspecified atom stereocenters. The zero-order valence-electron chi connectivity index (χ0n) is 12.5. The van der Waals surface area contributed by atoms with Gasteiger partial charge in [-0.2, -0.15) is 0 Å². The minimum absolute atomic E-state index is 0.00863. The van der Waals surface area contributed by atoms with Gasteiger partial charge >= 0.3 is 6.09 Å². The average Bonchev–Trinajstić information content (AvgIpc) is 2.88. The lowest BCUT2D eigenvalue weighted by Crippen LogP contribution is -2.44. The van der Waals surface area contributed by atoms with Gasteiger partial charge in [0.2, 0.25) is 0 Å². The Morgan fingerprint density at radius 1 is 1.29 bits per heavy atom. The number of Topliss-reactive ketones (excluding diaryl/α,β-unsaturated/α-hetero) is 1. The number of ether oxygens (including phenoxy) is 1. The van der Waals surface area contributed by atoms with E-state index >= 15 is 0 Å². The van der Waals surface area contributed by atoms with Crippen molar-refractivity contribution in [3.8, 4) is 0 Å². The number of rotatable bonds is 5. The van der Waals surface area contributed by atoms with Gasteiger partial charge in [-0.3, -0.25) is 4.79 Å². The summed E-state index contributed by atoms with van der Waals surface area (Å²) >= 11 is 0. The lowest BCUT2D eigenvalue weighted by molar-refractivity contribution is -0.123. The zero-order chi connectivity index (χ0) is 15.4. The summed E-state index contributed by atoms with van der Waals surface area (Å²) < 4.78 is 4.61. The SMILES string of the molecule is COC(=O)N[C@@H](Cc1c[nH]c2ccccc12)C(=O)C(C)C. The number of fused-ring (bicyclic) bond motifs is 1. The van der Waals surface area contributed by atoms with Crippen LogP contribution in [-0.2, 0) is 16.0 Å². The molecule has 1 atom stereocenters. The predicted molar refractivity (Wildman–Crippen MR) is 81.2 cm³/mol. The molecule has 1 amide bonds. The summed E-state index contributed by atoms with van der Waals surface area (Å²) in [6.45, 7) is 3.65. The zero-order valence-corrected chi connectivity index (χ0v) is 12.5. The van der Waals surface area contributed by atoms with E-state index in [-0.39, 0.29) is 11.7 Å². The summed E-state index contributed by atoms with van der Waals surface area (Å²) in [5.74, 6) is -0.164. The maximum Gasteiger partial charge on any atom is 0.407 e. The molecule has 2 N–H and O–H groups in total. The Morgan fingerprint density at radius 3 is 2.67 bits per heavy atom. The van der Waals surface area contributed by atoms with Gasteiger partial charge in [0.15, 0.2) is 5.78 Å². The van der Waals surface area contributed by atoms with Crippen molar-refractivity contribution < 1.29 is 14.3 Å². The van der Waals surface area contributed by atoms with E-state index in [0.717, 1.165) is 16.5 Å². The Kier molecular flexibility index (Phi) is 4.62. The third-order valence-corrected chi connectivity index (χ3v) is 3.49. The Bertz CT molecular complexity index is 646. The normalized spacial score (nSPS) is 12.4. The molecule has 1 aromatic heterocycles. The van der Waals surface area contributed by atoms with Crippen LogP contribution in [0.5, 0.6) is 0 Å². The van der Waals surface area contributed by atoms with Crippen LogP contribution in [0.1, 0.15) is 19.4 Å². The summed E-state index contributed by atoms with van der Waals surface area (Å²) in [6, 6.07) is 7.29. The molecule has 0 radical (unpaired) electrons. The van der Waals surface area contributed by atoms with Gasteiger partial charge < -0.3 is 15.0 Å². The van der Waals surface area contributed by atoms with E-state index in [1.165, 1.54) is 7.11 Å². The standard InChI is InChI=1S/C16H20N2O3/c1-10(2)15(19)14(18-16(20)21-3)8-11-9-17-13-7-5-4-6-12(11)13/h4-7,9-10,14,17H,8H2,1-3H3,(H,18,20)/t14-/m0/s1. The van der Waals surface area contributed by atoms with Crippen LogP contribution >= 0.6 is 0 Å². The maximum absolute atomic E-state index is 12.3. The number of hydrogen-bond donors (Lipinski definition) is 2. The first kappa shape index (κ1) is 15.1. The highest BCUT2D eigenvalue weighted by Gasteiger charge is 2.24. The van der Waals surface area contributed by atoms with Crippen LogP contribution in [0.25, 0.3) is 10.9 Å². The average molecular weight is 288 g/mol. The molecule has 112 valence electrons. The second-order valence-corrected chi connectivity index (χ2v) is 5.31. The van der Waals surface area contributed by atoms with Crippen molar-refractivity contribution in [2.45, 2.75) is 26.3 Å². The Morgan fingerprint density at radius 2 is 2.00 bits per heavy atom. The summed E-state index contributed by atoms with van der Waals surface area (Å²) in [6.07, 6.45) is 1.73. The van der Waals surface area contributed by atoms with E-state index in [9.17, 15) is 9.59 Å². The third kappa shape index (κ3) is 3.42. The van der Waals surface area contributed by atoms with Gasteiger partial charge in [0, 0.05) is 29.4 Å². The van der Waals surface area contributed by atoms with Crippen LogP contribution in [0.3, 0.4) is 0 Å². The van der Waals surface area contributed by atoms with Gasteiger partial charge in [0.1, 0.15) is 0 Å². The fourth-order valence-corrected chi connectivity index (χ4v) is 2.35. The number of carbonyl (C=O) groups is 2. The van der Waals surface area contributed by atoms with E-state index in [0.29, 0.717) is 6.42 Å². The molecule has 0 saturated carbocycles. The number of ketones is 1. The lowest BCUT2D eigenvalue weighted by atomic mass is 9.95. The van der Waals surface area contributed by atoms with Crippen LogP contribution < -0.4 is 5.32 Å². The Labute approximate surface area is 123 Å². The molecule has 0 aliphatic heterocycles. The molecule has 1 aromatic carbocycles. The third-order valence-electron chi connectivity index (χ3n) is 3.49. The predicted octanol–water partition coefficient (Wildman–Crippen LogP) is 2.66. The molecule has 1 heterocycles. The number of amides is 1. The van der Waals surface area contributed by atoms with Crippen LogP contribution in [0.4, 0.5) is 4.79 Å². The van der Waals surface area contributed by atoms with Crippen molar-refractivity contribution in [3.63, 3.8) is 0 Å². The number of alkyl carbamates (subject to hydrolysis) is 1. The summed E-state index contributed by atoms with van der Waals surface area (Å²) in [5, 5.41) is 3.69. The molecule has 0 saturated heterocycles. The van der Waals surface area contributed by atoms with Crippen molar-refractivity contribution in [2.24, 2.45) is 5.92 Å². The molecule has 0 spiro atoms. The molecule has 2 rings (SSSR count). The number of aromatic nitrogens is 1. The number of H-pyrrole nitrogens is 1. The van der Waals surface area contributed by atoms with Crippen LogP contribution in [0, 0.1) is 5.92 Å². The molecule has 0 aliphatic rings. The van der Waals surface area contributed by atoms with E-state index in [4.69, 9.17) is 0 Å². The second-order valence-electron chi connectivity index (χ2n) is 5.31. The molecule has 0 bridgehead atoms. The number of hydrogen-bond acceptors (Lipinski definition) is 3. The Balaban J connectivity index is 2.25. The van der Waals surface area contributed by atoms with Gasteiger partial charge in [-0.15, -0.1) is 0 Å². The molecule has 21 heavy (non-hydrogen) atoms. The van der Waals surface area contributed by atoms with Gasteiger partial charge in [-0.25, -0.2) is 4.79 Å². The van der Waals surface area contributed by atoms with Gasteiger partial charge in [-0.05, 0) is 11.6 Å². The lowest BCUT2D eigenvalue weighted by Gasteiger charge is -2.18. The summed E-state index contributed by atoms with van der Waals surface area (Å²) in [5.41, 5.74) is 2.02. The first-order chi connectivity index (χ1) is 10.0. The number of para-hydroxylation sites is 1. The van der Waals surface area contributed by atoms with E-state index < -0.39 is 12.1 Å². The van der Waals surface area contributed by atoms with Crippen molar-refractivity contribution in [2.75, 3.05) is 7.11 Å². The van der Waals surface area contributed by atoms with E-state index in [1.807, 2.05) is 44.3 Å². The van der Waals surface area contributed by atoms with Crippen molar-refractivity contribution in [3.05, 3.63) is 36.0 Å². The largest absolute Gasteiger partial charge is 0.453 e. The maximum atomic E-state index is 12.3. The quantitative estimate of drug-likeness (QED) is 0.888. The topological polar surface area (TPSA) is 71.2 Å². The van der Waals surface area contributed by atoms with Crippen molar-refractivity contribution in [1.82, 2.24) is 10.3 Å². The molecular formula is C16H20N2O3. The molecule has 5 heteroatoms. The number of nitrogens with one attached hydrogen (secondary N) is 2. The molecular weight excluding hydrogens is 268 g/mol. The number of benzene rings is 1. The number of methoxy groups -OCH3 is 1. The van der Waals surface area contributed by atoms with Gasteiger partial charge in [0.05, 0.1) is 13.2 Å². The Hall–Kier alpha value is -2.30. The van der Waals surface area contributed by atoms with E-state index in [1.54, 1.807) is 0 Å². The number of aromatic amines is 1. The molecule has 0 fully saturated rings. The summed E-state index contributed by atoms with van der Waals surface area (Å²) in [4.78, 5) is 26.9. The fraction of sp³-hybridized carbons (Fsp3) is 0.375. The minimum atomic E-state index is -0.589. The van der Waals surface area contributed by atoms with E-state index in [2.05, 4.69) is 15.0 Å². The molecule has 2 aromatic rings. The van der Waals surface area contributed by atoms with Crippen molar-refractivity contribution in [1.29, 1.82) is 0 Å². The van der Waals surface area contributed by atoms with Crippen LogP contribution in [-0.4, -0.2) is 30.0 Å². The van der Waals surface area contributed by atoms with Gasteiger partial charge in [-0.1, -0.05) is 32.0 Å². The first-order valence-corrected chi connectivity index (χ1v) is 6.96. The summed E-state index contributed by atoms with van der Waals surface area (Å²) in [7, 11) is 1.29. The first-order valence-electron chi connectivity index (χ1n) is 6.96. The monoisotopic (exact) mass is 288 g/mol. The highest BCUT2D eigenvalue weighted by molar-refractivity contribution is 5.90. The second kappa shape index (κ2) is 6.43. The highest BCUT2D eigenvalue weighted by atomic mass is 16.5. The van der Waals surface area contributed by atoms with Crippen molar-refractivity contribution >= 4 is 22.8 Å². The van der Waals surface area contributed by atoms with Gasteiger partial charge in [0.25, 0.3) is 0 Å².